The monoisotopic (exact) mass is 635 g/mol. The van der Waals surface area contributed by atoms with Crippen LogP contribution in [0.2, 0.25) is 0 Å². The van der Waals surface area contributed by atoms with Crippen molar-refractivity contribution in [1.29, 1.82) is 0 Å². The lowest BCUT2D eigenvalue weighted by Crippen LogP contribution is -2.54. The third kappa shape index (κ3) is 8.45. The smallest absolute Gasteiger partial charge is 0.264 e. The molecule has 11 heteroatoms. The van der Waals surface area contributed by atoms with E-state index >= 15 is 0 Å². The van der Waals surface area contributed by atoms with Crippen LogP contribution in [0.1, 0.15) is 25.0 Å². The van der Waals surface area contributed by atoms with Gasteiger partial charge in [-0.3, -0.25) is 13.9 Å². The Kier molecular flexibility index (Phi) is 10.9. The molecule has 45 heavy (non-hydrogen) atoms. The Morgan fingerprint density at radius 1 is 0.844 bits per heavy atom. The molecule has 8 nitrogen and oxygen atoms in total. The number of halogens is 2. The van der Waals surface area contributed by atoms with Crippen molar-refractivity contribution in [2.75, 3.05) is 18.0 Å². The Balaban J connectivity index is 1.81. The molecule has 0 heterocycles. The zero-order valence-corrected chi connectivity index (χ0v) is 26.0. The summed E-state index contributed by atoms with van der Waals surface area (Å²) in [6.07, 6.45) is 0.0847. The number of ether oxygens (including phenoxy) is 1. The van der Waals surface area contributed by atoms with E-state index in [1.54, 1.807) is 44.2 Å². The summed E-state index contributed by atoms with van der Waals surface area (Å²) in [5, 5.41) is 2.85. The van der Waals surface area contributed by atoms with Crippen LogP contribution in [0.25, 0.3) is 0 Å². The summed E-state index contributed by atoms with van der Waals surface area (Å²) >= 11 is 0. The van der Waals surface area contributed by atoms with Gasteiger partial charge in [-0.25, -0.2) is 17.2 Å². The molecule has 0 bridgehead atoms. The maximum Gasteiger partial charge on any atom is 0.264 e. The van der Waals surface area contributed by atoms with Crippen LogP contribution in [0.5, 0.6) is 5.75 Å². The number of benzene rings is 4. The Hall–Kier alpha value is -4.77. The first-order valence-electron chi connectivity index (χ1n) is 14.3. The van der Waals surface area contributed by atoms with Gasteiger partial charge in [0.1, 0.15) is 30.0 Å². The molecule has 1 N–H and O–H groups in total. The number of nitrogens with one attached hydrogen (secondary N) is 1. The Labute approximate surface area is 262 Å². The SMILES string of the molecule is COc1ccc(S(=O)(=O)N(CC(=O)N(Cc2ccccc2F)C(Cc2ccccc2)C(=O)NC(C)C)c2ccc(F)cc2)cc1. The topological polar surface area (TPSA) is 96.0 Å². The molecular formula is C34H35F2N3O5S. The molecule has 0 fully saturated rings. The number of hydrogen-bond donors (Lipinski definition) is 1. The summed E-state index contributed by atoms with van der Waals surface area (Å²) in [5.74, 6) is -2.00. The lowest BCUT2D eigenvalue weighted by molar-refractivity contribution is -0.140. The van der Waals surface area contributed by atoms with Crippen LogP contribution in [-0.2, 0) is 32.6 Å². The number of methoxy groups -OCH3 is 1. The number of anilines is 1. The third-order valence-corrected chi connectivity index (χ3v) is 8.83. The molecule has 4 aromatic carbocycles. The Bertz CT molecular complexity index is 1700. The van der Waals surface area contributed by atoms with Crippen LogP contribution in [0.4, 0.5) is 14.5 Å². The van der Waals surface area contributed by atoms with Gasteiger partial charge in [0, 0.05) is 24.6 Å². The van der Waals surface area contributed by atoms with Gasteiger partial charge < -0.3 is 15.0 Å². The molecule has 0 saturated heterocycles. The predicted octanol–water partition coefficient (Wildman–Crippen LogP) is 5.33. The molecule has 0 spiro atoms. The van der Waals surface area contributed by atoms with Crippen molar-refractivity contribution in [3.63, 3.8) is 0 Å². The van der Waals surface area contributed by atoms with Crippen molar-refractivity contribution in [2.45, 2.75) is 43.8 Å². The fourth-order valence-electron chi connectivity index (χ4n) is 4.76. The predicted molar refractivity (Wildman–Crippen MR) is 168 cm³/mol. The molecule has 4 rings (SSSR count). The normalized spacial score (nSPS) is 12.0. The van der Waals surface area contributed by atoms with Gasteiger partial charge in [0.2, 0.25) is 11.8 Å². The zero-order valence-electron chi connectivity index (χ0n) is 25.2. The fourth-order valence-corrected chi connectivity index (χ4v) is 6.17. The van der Waals surface area contributed by atoms with Crippen molar-refractivity contribution in [2.24, 2.45) is 0 Å². The van der Waals surface area contributed by atoms with Crippen molar-refractivity contribution in [3.8, 4) is 5.75 Å². The molecule has 0 radical (unpaired) electrons. The summed E-state index contributed by atoms with van der Waals surface area (Å²) in [5.41, 5.74) is 0.916. The number of amides is 2. The van der Waals surface area contributed by atoms with Gasteiger partial charge in [0.25, 0.3) is 10.0 Å². The molecule has 0 aliphatic heterocycles. The van der Waals surface area contributed by atoms with E-state index in [-0.39, 0.29) is 35.2 Å². The number of rotatable bonds is 13. The summed E-state index contributed by atoms with van der Waals surface area (Å²) in [7, 11) is -2.95. The van der Waals surface area contributed by atoms with Crippen LogP contribution in [0.3, 0.4) is 0 Å². The molecule has 0 aliphatic carbocycles. The van der Waals surface area contributed by atoms with E-state index in [9.17, 15) is 26.8 Å². The highest BCUT2D eigenvalue weighted by atomic mass is 32.2. The van der Waals surface area contributed by atoms with Crippen molar-refractivity contribution in [3.05, 3.63) is 126 Å². The summed E-state index contributed by atoms with van der Waals surface area (Å²) in [4.78, 5) is 29.1. The average molecular weight is 636 g/mol. The molecule has 1 unspecified atom stereocenters. The molecule has 4 aromatic rings. The van der Waals surface area contributed by atoms with Gasteiger partial charge in [-0.1, -0.05) is 48.5 Å². The van der Waals surface area contributed by atoms with Crippen LogP contribution in [0, 0.1) is 11.6 Å². The second kappa shape index (κ2) is 14.8. The average Bonchev–Trinajstić information content (AvgIpc) is 3.03. The highest BCUT2D eigenvalue weighted by molar-refractivity contribution is 7.92. The molecule has 236 valence electrons. The quantitative estimate of drug-likeness (QED) is 0.214. The van der Waals surface area contributed by atoms with E-state index in [0.717, 1.165) is 22.0 Å². The van der Waals surface area contributed by atoms with E-state index < -0.39 is 46.1 Å². The van der Waals surface area contributed by atoms with Crippen LogP contribution >= 0.6 is 0 Å². The number of nitrogens with zero attached hydrogens (tertiary/aromatic N) is 2. The molecule has 0 saturated carbocycles. The largest absolute Gasteiger partial charge is 0.497 e. The van der Waals surface area contributed by atoms with Gasteiger partial charge in [0.15, 0.2) is 0 Å². The van der Waals surface area contributed by atoms with Gasteiger partial charge in [0.05, 0.1) is 17.7 Å². The maximum atomic E-state index is 15.0. The zero-order chi connectivity index (χ0) is 32.6. The molecule has 0 aromatic heterocycles. The Morgan fingerprint density at radius 2 is 1.47 bits per heavy atom. The highest BCUT2D eigenvalue weighted by Crippen LogP contribution is 2.27. The lowest BCUT2D eigenvalue weighted by Gasteiger charge is -2.34. The first-order chi connectivity index (χ1) is 21.5. The lowest BCUT2D eigenvalue weighted by atomic mass is 10.0. The maximum absolute atomic E-state index is 15.0. The third-order valence-electron chi connectivity index (χ3n) is 7.04. The summed E-state index contributed by atoms with van der Waals surface area (Å²) in [6, 6.07) is 23.8. The summed E-state index contributed by atoms with van der Waals surface area (Å²) < 4.78 is 62.9. The van der Waals surface area contributed by atoms with E-state index in [4.69, 9.17) is 4.74 Å². The highest BCUT2D eigenvalue weighted by Gasteiger charge is 2.35. The first-order valence-corrected chi connectivity index (χ1v) is 15.7. The Morgan fingerprint density at radius 3 is 2.07 bits per heavy atom. The van der Waals surface area contributed by atoms with Crippen molar-refractivity contribution in [1.82, 2.24) is 10.2 Å². The minimum Gasteiger partial charge on any atom is -0.497 e. The van der Waals surface area contributed by atoms with Crippen LogP contribution < -0.4 is 14.4 Å². The second-order valence-corrected chi connectivity index (χ2v) is 12.5. The van der Waals surface area contributed by atoms with Gasteiger partial charge in [-0.15, -0.1) is 0 Å². The van der Waals surface area contributed by atoms with Gasteiger partial charge in [-0.05, 0) is 74.0 Å². The van der Waals surface area contributed by atoms with Crippen molar-refractivity contribution >= 4 is 27.5 Å². The second-order valence-electron chi connectivity index (χ2n) is 10.6. The minimum absolute atomic E-state index is 0.0256. The van der Waals surface area contributed by atoms with E-state index in [1.165, 1.54) is 66.6 Å². The first kappa shape index (κ1) is 33.1. The number of sulfonamides is 1. The molecule has 0 aliphatic rings. The molecular weight excluding hydrogens is 600 g/mol. The van der Waals surface area contributed by atoms with Crippen molar-refractivity contribution < 1.29 is 31.5 Å². The van der Waals surface area contributed by atoms with E-state index in [2.05, 4.69) is 5.32 Å². The van der Waals surface area contributed by atoms with Crippen LogP contribution in [-0.4, -0.2) is 50.9 Å². The molecule has 2 amide bonds. The van der Waals surface area contributed by atoms with Gasteiger partial charge in [-0.2, -0.15) is 0 Å². The number of hydrogen-bond acceptors (Lipinski definition) is 5. The summed E-state index contributed by atoms with van der Waals surface area (Å²) in [6.45, 7) is 2.49. The van der Waals surface area contributed by atoms with E-state index in [0.29, 0.717) is 5.75 Å². The van der Waals surface area contributed by atoms with E-state index in [1.807, 2.05) is 6.07 Å². The van der Waals surface area contributed by atoms with Gasteiger partial charge >= 0.3 is 0 Å². The minimum atomic E-state index is -4.39. The standard InChI is InChI=1S/C34H35F2N3O5S/c1-24(2)37-34(41)32(21-25-9-5-4-6-10-25)38(22-26-11-7-8-12-31(26)36)33(40)23-39(28-15-13-27(35)14-16-28)45(42,43)30-19-17-29(44-3)18-20-30/h4-20,24,32H,21-23H2,1-3H3,(H,37,41). The fraction of sp³-hybridized carbons (Fsp3) is 0.235. The number of carbonyl (C=O) groups excluding carboxylic acids is 2. The van der Waals surface area contributed by atoms with Crippen LogP contribution in [0.15, 0.2) is 108 Å². The number of carbonyl (C=O) groups is 2. The molecule has 1 atom stereocenters.